The first-order chi connectivity index (χ1) is 7.43. The molecule has 0 fully saturated rings. The van der Waals surface area contributed by atoms with Crippen LogP contribution in [-0.2, 0) is 11.2 Å². The molecule has 1 aromatic rings. The molecule has 6 heteroatoms. The summed E-state index contributed by atoms with van der Waals surface area (Å²) in [4.78, 5) is 10.6. The average molecular weight is 233 g/mol. The second-order valence-electron chi connectivity index (χ2n) is 3.13. The Hall–Kier alpha value is -1.56. The van der Waals surface area contributed by atoms with Gasteiger partial charge in [-0.2, -0.15) is 13.2 Å². The van der Waals surface area contributed by atoms with Crippen molar-refractivity contribution < 1.29 is 23.1 Å². The maximum atomic E-state index is 11.9. The number of nitrogens with one attached hydrogen (secondary N) is 1. The van der Waals surface area contributed by atoms with Crippen molar-refractivity contribution in [1.82, 2.24) is 0 Å². The highest BCUT2D eigenvalue weighted by molar-refractivity contribution is 5.94. The Morgan fingerprint density at radius 3 is 2.62 bits per heavy atom. The van der Waals surface area contributed by atoms with E-state index < -0.39 is 12.1 Å². The van der Waals surface area contributed by atoms with Crippen LogP contribution in [-0.4, -0.2) is 23.8 Å². The Morgan fingerprint density at radius 2 is 2.06 bits per heavy atom. The lowest BCUT2D eigenvalue weighted by Gasteiger charge is -2.08. The zero-order valence-corrected chi connectivity index (χ0v) is 8.21. The summed E-state index contributed by atoms with van der Waals surface area (Å²) in [5.74, 6) is -2.01. The van der Waals surface area contributed by atoms with Crippen LogP contribution in [0.4, 0.5) is 18.9 Å². The Labute approximate surface area is 89.9 Å². The van der Waals surface area contributed by atoms with Gasteiger partial charge in [0.25, 0.3) is 0 Å². The van der Waals surface area contributed by atoms with Crippen molar-refractivity contribution in [1.29, 1.82) is 0 Å². The van der Waals surface area contributed by atoms with Gasteiger partial charge >= 0.3 is 12.1 Å². The zero-order valence-electron chi connectivity index (χ0n) is 8.21. The number of carbonyl (C=O) groups is 1. The molecule has 0 saturated carbocycles. The summed E-state index contributed by atoms with van der Waals surface area (Å²) >= 11 is 0. The predicted octanol–water partition coefficient (Wildman–Crippen LogP) is 1.72. The minimum absolute atomic E-state index is 0.0632. The molecule has 0 aromatic heterocycles. The number of anilines is 1. The van der Waals surface area contributed by atoms with Crippen molar-refractivity contribution in [2.45, 2.75) is 12.6 Å². The molecule has 0 saturated heterocycles. The van der Waals surface area contributed by atoms with Gasteiger partial charge in [0.2, 0.25) is 0 Å². The maximum Gasteiger partial charge on any atom is 0.471 e. The zero-order chi connectivity index (χ0) is 12.2. The largest absolute Gasteiger partial charge is 0.471 e. The fourth-order valence-corrected chi connectivity index (χ4v) is 1.14. The van der Waals surface area contributed by atoms with E-state index in [2.05, 4.69) is 0 Å². The molecular formula is C10H10F3NO2. The van der Waals surface area contributed by atoms with E-state index in [1.54, 1.807) is 11.4 Å². The first-order valence-corrected chi connectivity index (χ1v) is 4.51. The molecule has 16 heavy (non-hydrogen) atoms. The number of hydrogen-bond donors (Lipinski definition) is 2. The number of benzene rings is 1. The van der Waals surface area contributed by atoms with Crippen LogP contribution in [0, 0.1) is 0 Å². The summed E-state index contributed by atoms with van der Waals surface area (Å²) in [5.41, 5.74) is 0.718. The highest BCUT2D eigenvalue weighted by atomic mass is 19.4. The van der Waals surface area contributed by atoms with Gasteiger partial charge in [0, 0.05) is 12.3 Å². The number of alkyl halides is 3. The van der Waals surface area contributed by atoms with E-state index >= 15 is 0 Å². The molecule has 2 N–H and O–H groups in total. The van der Waals surface area contributed by atoms with Gasteiger partial charge in [0.1, 0.15) is 0 Å². The van der Waals surface area contributed by atoms with Crippen LogP contribution in [0.2, 0.25) is 0 Å². The van der Waals surface area contributed by atoms with Crippen LogP contribution in [0.15, 0.2) is 24.3 Å². The van der Waals surface area contributed by atoms with E-state index in [1.165, 1.54) is 18.2 Å². The average Bonchev–Trinajstić information content (AvgIpc) is 2.17. The molecule has 0 spiro atoms. The fourth-order valence-electron chi connectivity index (χ4n) is 1.14. The molecule has 0 unspecified atom stereocenters. The van der Waals surface area contributed by atoms with Crippen LogP contribution in [0.5, 0.6) is 0 Å². The molecule has 1 aromatic carbocycles. The molecule has 0 heterocycles. The second kappa shape index (κ2) is 4.98. The van der Waals surface area contributed by atoms with Gasteiger partial charge < -0.3 is 10.4 Å². The van der Waals surface area contributed by atoms with Gasteiger partial charge in [-0.25, -0.2) is 0 Å². The standard InChI is InChI=1S/C10H10F3NO2/c11-10(12,13)9(16)14-8-3-1-2-7(6-8)4-5-15/h1-3,6,15H,4-5H2,(H,14,16). The summed E-state index contributed by atoms with van der Waals surface area (Å²) in [6.07, 6.45) is -4.57. The van der Waals surface area contributed by atoms with E-state index in [4.69, 9.17) is 5.11 Å². The number of aliphatic hydroxyl groups is 1. The molecule has 1 rings (SSSR count). The normalized spacial score (nSPS) is 11.2. The number of halogens is 3. The number of aliphatic hydroxyl groups excluding tert-OH is 1. The third kappa shape index (κ3) is 3.54. The number of hydrogen-bond acceptors (Lipinski definition) is 2. The summed E-state index contributed by atoms with van der Waals surface area (Å²) in [6.45, 7) is -0.101. The minimum atomic E-state index is -4.90. The molecular weight excluding hydrogens is 223 g/mol. The minimum Gasteiger partial charge on any atom is -0.396 e. The van der Waals surface area contributed by atoms with E-state index in [-0.39, 0.29) is 12.3 Å². The molecule has 3 nitrogen and oxygen atoms in total. The number of carbonyl (C=O) groups excluding carboxylic acids is 1. The topological polar surface area (TPSA) is 49.3 Å². The summed E-state index contributed by atoms with van der Waals surface area (Å²) < 4.78 is 35.8. The third-order valence-corrected chi connectivity index (χ3v) is 1.84. The van der Waals surface area contributed by atoms with Gasteiger partial charge in [-0.1, -0.05) is 12.1 Å². The van der Waals surface area contributed by atoms with Gasteiger partial charge in [-0.05, 0) is 24.1 Å². The highest BCUT2D eigenvalue weighted by Crippen LogP contribution is 2.18. The van der Waals surface area contributed by atoms with Crippen molar-refractivity contribution in [3.8, 4) is 0 Å². The Balaban J connectivity index is 2.74. The van der Waals surface area contributed by atoms with Crippen LogP contribution in [0.25, 0.3) is 0 Å². The Bertz CT molecular complexity index is 377. The summed E-state index contributed by atoms with van der Waals surface area (Å²) in [5, 5.41) is 10.4. The predicted molar refractivity (Wildman–Crippen MR) is 51.9 cm³/mol. The Kier molecular flexibility index (Phi) is 3.89. The lowest BCUT2D eigenvalue weighted by atomic mass is 10.1. The molecule has 0 aliphatic heterocycles. The Morgan fingerprint density at radius 1 is 1.38 bits per heavy atom. The van der Waals surface area contributed by atoms with E-state index in [9.17, 15) is 18.0 Å². The van der Waals surface area contributed by atoms with Gasteiger partial charge in [0.15, 0.2) is 0 Å². The van der Waals surface area contributed by atoms with Gasteiger partial charge in [-0.3, -0.25) is 4.79 Å². The van der Waals surface area contributed by atoms with Crippen molar-refractivity contribution in [3.05, 3.63) is 29.8 Å². The molecule has 0 radical (unpaired) electrons. The second-order valence-corrected chi connectivity index (χ2v) is 3.13. The third-order valence-electron chi connectivity index (χ3n) is 1.84. The maximum absolute atomic E-state index is 11.9. The van der Waals surface area contributed by atoms with Crippen molar-refractivity contribution >= 4 is 11.6 Å². The fraction of sp³-hybridized carbons (Fsp3) is 0.300. The molecule has 0 aliphatic rings. The van der Waals surface area contributed by atoms with Crippen molar-refractivity contribution in [3.63, 3.8) is 0 Å². The van der Waals surface area contributed by atoms with Crippen LogP contribution in [0.3, 0.4) is 0 Å². The molecule has 1 amide bonds. The van der Waals surface area contributed by atoms with E-state index in [0.717, 1.165) is 0 Å². The lowest BCUT2D eigenvalue weighted by Crippen LogP contribution is -2.29. The smallest absolute Gasteiger partial charge is 0.396 e. The van der Waals surface area contributed by atoms with E-state index in [0.29, 0.717) is 12.0 Å². The number of rotatable bonds is 3. The number of amides is 1. The lowest BCUT2D eigenvalue weighted by molar-refractivity contribution is -0.167. The first kappa shape index (κ1) is 12.5. The molecule has 0 bridgehead atoms. The van der Waals surface area contributed by atoms with Crippen molar-refractivity contribution in [2.24, 2.45) is 0 Å². The van der Waals surface area contributed by atoms with Crippen LogP contribution >= 0.6 is 0 Å². The van der Waals surface area contributed by atoms with Crippen LogP contribution in [0.1, 0.15) is 5.56 Å². The van der Waals surface area contributed by atoms with Gasteiger partial charge in [0.05, 0.1) is 0 Å². The first-order valence-electron chi connectivity index (χ1n) is 4.51. The van der Waals surface area contributed by atoms with Gasteiger partial charge in [-0.15, -0.1) is 0 Å². The van der Waals surface area contributed by atoms with Crippen LogP contribution < -0.4 is 5.32 Å². The highest BCUT2D eigenvalue weighted by Gasteiger charge is 2.38. The van der Waals surface area contributed by atoms with E-state index in [1.807, 2.05) is 0 Å². The monoisotopic (exact) mass is 233 g/mol. The van der Waals surface area contributed by atoms with Crippen molar-refractivity contribution in [2.75, 3.05) is 11.9 Å². The molecule has 0 aliphatic carbocycles. The quantitative estimate of drug-likeness (QED) is 0.835. The summed E-state index contributed by atoms with van der Waals surface area (Å²) in [6, 6.07) is 5.90. The molecule has 0 atom stereocenters. The SMILES string of the molecule is O=C(Nc1cccc(CCO)c1)C(F)(F)F. The summed E-state index contributed by atoms with van der Waals surface area (Å²) in [7, 11) is 0. The molecule has 88 valence electrons.